The number of halogens is 2. The highest BCUT2D eigenvalue weighted by atomic mass is 19.1. The molecule has 3 aromatic rings. The molecule has 0 unspecified atom stereocenters. The molecule has 1 saturated carbocycles. The zero-order chi connectivity index (χ0) is 24.6. The fraction of sp³-hybridized carbons (Fsp3) is 0.483. The number of aromatic nitrogens is 2. The summed E-state index contributed by atoms with van der Waals surface area (Å²) in [4.78, 5) is 7.06. The number of pyridine rings is 1. The third-order valence-corrected chi connectivity index (χ3v) is 7.39. The Morgan fingerprint density at radius 1 is 1.11 bits per heavy atom. The Labute approximate surface area is 206 Å². The summed E-state index contributed by atoms with van der Waals surface area (Å²) in [6, 6.07) is 9.75. The molecule has 0 spiro atoms. The number of aromatic hydroxyl groups is 1. The smallest absolute Gasteiger partial charge is 0.137 e. The predicted molar refractivity (Wildman–Crippen MR) is 136 cm³/mol. The fourth-order valence-corrected chi connectivity index (χ4v) is 5.47. The first-order valence-corrected chi connectivity index (χ1v) is 13.0. The summed E-state index contributed by atoms with van der Waals surface area (Å²) in [5, 5.41) is 10.1. The zero-order valence-corrected chi connectivity index (χ0v) is 20.7. The van der Waals surface area contributed by atoms with E-state index in [2.05, 4.69) is 17.0 Å². The molecule has 2 aliphatic carbocycles. The van der Waals surface area contributed by atoms with Crippen molar-refractivity contribution in [3.63, 3.8) is 0 Å². The lowest BCUT2D eigenvalue weighted by molar-refractivity contribution is 0.0727. The maximum absolute atomic E-state index is 14.9. The molecular weight excluding hydrogens is 444 g/mol. The van der Waals surface area contributed by atoms with Gasteiger partial charge in [0.15, 0.2) is 0 Å². The van der Waals surface area contributed by atoms with Crippen LogP contribution in [-0.2, 0) is 13.0 Å². The molecule has 0 bridgehead atoms. The van der Waals surface area contributed by atoms with Crippen LogP contribution in [0.3, 0.4) is 0 Å². The number of hydrogen-bond acceptors (Lipinski definition) is 3. The summed E-state index contributed by atoms with van der Waals surface area (Å²) in [7, 11) is 0. The van der Waals surface area contributed by atoms with E-state index in [9.17, 15) is 13.9 Å². The van der Waals surface area contributed by atoms with E-state index >= 15 is 0 Å². The lowest BCUT2D eigenvalue weighted by atomic mass is 9.88. The van der Waals surface area contributed by atoms with Crippen LogP contribution in [0.1, 0.15) is 68.3 Å². The molecule has 1 aromatic carbocycles. The monoisotopic (exact) mass is 479 g/mol. The Hall–Kier alpha value is -2.73. The summed E-state index contributed by atoms with van der Waals surface area (Å²) in [5.74, 6) is 0.439. The average molecular weight is 480 g/mol. The molecule has 2 fully saturated rings. The van der Waals surface area contributed by atoms with Crippen molar-refractivity contribution in [2.24, 2.45) is 5.92 Å². The van der Waals surface area contributed by atoms with Crippen LogP contribution in [0.15, 0.2) is 48.3 Å². The summed E-state index contributed by atoms with van der Waals surface area (Å²) >= 11 is 0. The Bertz CT molecular complexity index is 1240. The Morgan fingerprint density at radius 2 is 1.91 bits per heavy atom. The first-order chi connectivity index (χ1) is 17.0. The van der Waals surface area contributed by atoms with Gasteiger partial charge in [0.25, 0.3) is 0 Å². The number of allylic oxidation sites excluding steroid dienone is 1. The van der Waals surface area contributed by atoms with Crippen LogP contribution >= 0.6 is 0 Å². The molecule has 35 heavy (non-hydrogen) atoms. The van der Waals surface area contributed by atoms with E-state index < -0.39 is 5.67 Å². The van der Waals surface area contributed by atoms with Crippen molar-refractivity contribution in [1.82, 2.24) is 14.3 Å². The maximum atomic E-state index is 14.9. The predicted octanol–water partition coefficient (Wildman–Crippen LogP) is 6.50. The number of benzene rings is 1. The Kier molecular flexibility index (Phi) is 6.67. The van der Waals surface area contributed by atoms with Crippen molar-refractivity contribution in [3.8, 4) is 5.75 Å². The van der Waals surface area contributed by atoms with Crippen LogP contribution in [0, 0.1) is 5.92 Å². The topological polar surface area (TPSA) is 40.8 Å². The number of likely N-dealkylation sites (tertiary alicyclic amines) is 1. The van der Waals surface area contributed by atoms with Gasteiger partial charge in [-0.2, -0.15) is 0 Å². The third-order valence-electron chi connectivity index (χ3n) is 7.39. The number of aryl methyl sites for hydroxylation is 1. The number of phenols is 1. The van der Waals surface area contributed by atoms with Crippen LogP contribution in [0.5, 0.6) is 5.75 Å². The molecule has 3 heterocycles. The minimum Gasteiger partial charge on any atom is -0.508 e. The van der Waals surface area contributed by atoms with E-state index in [-0.39, 0.29) is 18.3 Å². The van der Waals surface area contributed by atoms with Gasteiger partial charge in [-0.3, -0.25) is 9.29 Å². The number of hydrogen-bond donors (Lipinski definition) is 1. The lowest BCUT2D eigenvalue weighted by Gasteiger charge is -2.37. The van der Waals surface area contributed by atoms with Crippen molar-refractivity contribution in [3.05, 3.63) is 70.7 Å². The minimum atomic E-state index is -1.05. The molecule has 0 radical (unpaired) electrons. The van der Waals surface area contributed by atoms with Crippen LogP contribution in [0.25, 0.3) is 11.2 Å². The molecule has 0 atom stereocenters. The molecular formula is C29H35F2N3O. The van der Waals surface area contributed by atoms with E-state index in [4.69, 9.17) is 4.98 Å². The molecule has 1 saturated heterocycles. The van der Waals surface area contributed by atoms with E-state index in [1.165, 1.54) is 5.57 Å². The largest absolute Gasteiger partial charge is 0.508 e. The molecule has 4 nitrogen and oxygen atoms in total. The molecule has 6 heteroatoms. The van der Waals surface area contributed by atoms with Crippen LogP contribution in [0.2, 0.25) is 0 Å². The van der Waals surface area contributed by atoms with Gasteiger partial charge in [-0.25, -0.2) is 9.37 Å². The second-order valence-electron chi connectivity index (χ2n) is 10.1. The van der Waals surface area contributed by atoms with Crippen molar-refractivity contribution in [2.45, 2.75) is 64.6 Å². The van der Waals surface area contributed by atoms with Crippen LogP contribution in [0.4, 0.5) is 8.78 Å². The average Bonchev–Trinajstić information content (AvgIpc) is 3.46. The fourth-order valence-electron chi connectivity index (χ4n) is 5.47. The molecule has 0 amide bonds. The molecule has 2 aromatic heterocycles. The van der Waals surface area contributed by atoms with Crippen LogP contribution in [-0.4, -0.2) is 44.8 Å². The Balaban J connectivity index is 0.00000124. The van der Waals surface area contributed by atoms with Gasteiger partial charge in [0.1, 0.15) is 17.1 Å². The van der Waals surface area contributed by atoms with Crippen molar-refractivity contribution in [1.29, 1.82) is 0 Å². The van der Waals surface area contributed by atoms with E-state index in [1.807, 2.05) is 42.8 Å². The van der Waals surface area contributed by atoms with Crippen LogP contribution < -0.4 is 0 Å². The minimum absolute atomic E-state index is 0.166. The van der Waals surface area contributed by atoms with Gasteiger partial charge in [0.2, 0.25) is 0 Å². The highest BCUT2D eigenvalue weighted by Crippen LogP contribution is 2.49. The summed E-state index contributed by atoms with van der Waals surface area (Å²) < 4.78 is 29.7. The normalized spacial score (nSPS) is 19.5. The molecule has 3 aliphatic rings. The second kappa shape index (κ2) is 9.73. The van der Waals surface area contributed by atoms with Gasteiger partial charge in [0, 0.05) is 44.4 Å². The number of fused-ring (bicyclic) bond motifs is 2. The van der Waals surface area contributed by atoms with Gasteiger partial charge in [0.05, 0.1) is 12.4 Å². The van der Waals surface area contributed by atoms with Gasteiger partial charge in [-0.15, -0.1) is 0 Å². The number of nitrogens with zero attached hydrogens (tertiary/aromatic N) is 3. The van der Waals surface area contributed by atoms with Crippen molar-refractivity contribution in [2.75, 3.05) is 19.8 Å². The number of rotatable bonds is 6. The van der Waals surface area contributed by atoms with Gasteiger partial charge in [-0.05, 0) is 78.6 Å². The summed E-state index contributed by atoms with van der Waals surface area (Å²) in [6.07, 6.45) is 8.54. The van der Waals surface area contributed by atoms with E-state index in [0.29, 0.717) is 19.3 Å². The summed E-state index contributed by atoms with van der Waals surface area (Å²) in [5.41, 5.74) is 6.33. The molecule has 1 N–H and O–H groups in total. The molecule has 1 aliphatic heterocycles. The number of alkyl halides is 2. The maximum Gasteiger partial charge on any atom is 0.137 e. The second-order valence-corrected chi connectivity index (χ2v) is 10.1. The third kappa shape index (κ3) is 4.99. The lowest BCUT2D eigenvalue weighted by Crippen LogP contribution is -2.46. The quantitative estimate of drug-likeness (QED) is 0.439. The standard InChI is InChI=1S/C27H29F2N3O.C2H6/c28-13-18-14-31(15-18)16-22-17-32-9-6-20(11-25(32)30-22)26-21(12-27(29)7-8-27)3-1-2-19-10-23(33)4-5-24(19)26;1-2/h4-6,9-11,17-18,33H,1-3,7-8,12-16H2;1-2H3. The zero-order valence-electron chi connectivity index (χ0n) is 20.7. The van der Waals surface area contributed by atoms with E-state index in [0.717, 1.165) is 72.5 Å². The number of imidazole rings is 1. The molecule has 186 valence electrons. The molecule has 6 rings (SSSR count). The number of phenolic OH excluding ortho intramolecular Hbond substituents is 1. The first-order valence-electron chi connectivity index (χ1n) is 13.0. The van der Waals surface area contributed by atoms with Gasteiger partial charge in [-0.1, -0.05) is 25.5 Å². The van der Waals surface area contributed by atoms with Crippen molar-refractivity contribution < 1.29 is 13.9 Å². The van der Waals surface area contributed by atoms with Crippen molar-refractivity contribution >= 4 is 11.2 Å². The first kappa shape index (κ1) is 24.0. The highest BCUT2D eigenvalue weighted by molar-refractivity contribution is 5.85. The highest BCUT2D eigenvalue weighted by Gasteiger charge is 2.44. The van der Waals surface area contributed by atoms with Gasteiger partial charge >= 0.3 is 0 Å². The van der Waals surface area contributed by atoms with Gasteiger partial charge < -0.3 is 9.51 Å². The van der Waals surface area contributed by atoms with E-state index in [1.54, 1.807) is 6.07 Å². The SMILES string of the molecule is CC.Oc1ccc2c(c1)CCCC(CC1(F)CC1)=C2c1ccn2cc(CN3CC(CF)C3)nc2c1. The Morgan fingerprint density at radius 3 is 2.66 bits per heavy atom. The summed E-state index contributed by atoms with van der Waals surface area (Å²) in [6.45, 7) is 6.07.